The lowest BCUT2D eigenvalue weighted by atomic mass is 10.0. The second-order valence-corrected chi connectivity index (χ2v) is 7.36. The van der Waals surface area contributed by atoms with Crippen LogP contribution in [0.2, 0.25) is 0 Å². The van der Waals surface area contributed by atoms with Gasteiger partial charge >= 0.3 is 0 Å². The number of fused-ring (bicyclic) bond motifs is 1. The normalized spacial score (nSPS) is 17.5. The zero-order valence-corrected chi connectivity index (χ0v) is 16.2. The number of likely N-dealkylation sites (tertiary alicyclic amines) is 1. The van der Waals surface area contributed by atoms with E-state index in [4.69, 9.17) is 5.73 Å². The van der Waals surface area contributed by atoms with Crippen LogP contribution in [0.3, 0.4) is 0 Å². The number of hydrogen-bond donors (Lipinski definition) is 3. The number of rotatable bonds is 7. The standard InChI is InChI=1S/C21H27N5O2/c1-2-3-6-20(27)25-15-7-8-19-17(11-15)14(13-24-19)10-18(23)21(28)26-9-4-5-16(26)12-22/h7-8,11,13,16,18,24H,2-6,9-10,23H2,1H3,(H,25,27)/t16-,18+/m0/s1. The Bertz CT molecular complexity index is 898. The number of H-pyrrole nitrogens is 1. The van der Waals surface area contributed by atoms with Crippen LogP contribution in [0.15, 0.2) is 24.4 Å². The largest absolute Gasteiger partial charge is 0.361 e. The molecule has 2 aromatic rings. The third-order valence-electron chi connectivity index (χ3n) is 5.25. The van der Waals surface area contributed by atoms with E-state index in [9.17, 15) is 14.9 Å². The number of unbranched alkanes of at least 4 members (excludes halogenated alkanes) is 1. The summed E-state index contributed by atoms with van der Waals surface area (Å²) in [6, 6.07) is 6.80. The van der Waals surface area contributed by atoms with Gasteiger partial charge < -0.3 is 20.9 Å². The number of aromatic amines is 1. The highest BCUT2D eigenvalue weighted by atomic mass is 16.2. The fourth-order valence-corrected chi connectivity index (χ4v) is 3.69. The molecule has 28 heavy (non-hydrogen) atoms. The van der Waals surface area contributed by atoms with Crippen molar-refractivity contribution in [2.24, 2.45) is 5.73 Å². The number of nitrogens with zero attached hydrogens (tertiary/aromatic N) is 2. The van der Waals surface area contributed by atoms with Gasteiger partial charge in [0, 0.05) is 35.8 Å². The molecule has 0 saturated carbocycles. The molecular formula is C21H27N5O2. The van der Waals surface area contributed by atoms with Crippen molar-refractivity contribution >= 4 is 28.4 Å². The van der Waals surface area contributed by atoms with E-state index in [0.29, 0.717) is 25.8 Å². The second-order valence-electron chi connectivity index (χ2n) is 7.36. The van der Waals surface area contributed by atoms with Gasteiger partial charge in [0.15, 0.2) is 0 Å². The molecule has 1 saturated heterocycles. The average Bonchev–Trinajstić information content (AvgIpc) is 3.32. The molecule has 3 rings (SSSR count). The molecule has 4 N–H and O–H groups in total. The average molecular weight is 381 g/mol. The van der Waals surface area contributed by atoms with Crippen molar-refractivity contribution in [1.29, 1.82) is 5.26 Å². The number of nitrogens with one attached hydrogen (secondary N) is 2. The first kappa shape index (κ1) is 19.9. The predicted octanol–water partition coefficient (Wildman–Crippen LogP) is 2.68. The summed E-state index contributed by atoms with van der Waals surface area (Å²) in [5, 5.41) is 13.1. The van der Waals surface area contributed by atoms with Gasteiger partial charge in [0.2, 0.25) is 11.8 Å². The minimum Gasteiger partial charge on any atom is -0.361 e. The molecule has 1 fully saturated rings. The smallest absolute Gasteiger partial charge is 0.240 e. The van der Waals surface area contributed by atoms with Gasteiger partial charge in [-0.3, -0.25) is 9.59 Å². The summed E-state index contributed by atoms with van der Waals surface area (Å²) in [5.41, 5.74) is 8.77. The second kappa shape index (κ2) is 8.89. The Hall–Kier alpha value is -2.85. The first-order valence-electron chi connectivity index (χ1n) is 9.89. The van der Waals surface area contributed by atoms with Gasteiger partial charge in [0.05, 0.1) is 12.1 Å². The van der Waals surface area contributed by atoms with Crippen LogP contribution >= 0.6 is 0 Å². The fraction of sp³-hybridized carbons (Fsp3) is 0.476. The first-order valence-corrected chi connectivity index (χ1v) is 9.89. The Morgan fingerprint density at radius 3 is 3.04 bits per heavy atom. The summed E-state index contributed by atoms with van der Waals surface area (Å²) < 4.78 is 0. The van der Waals surface area contributed by atoms with E-state index in [-0.39, 0.29) is 17.9 Å². The lowest BCUT2D eigenvalue weighted by Gasteiger charge is -2.23. The molecule has 7 nitrogen and oxygen atoms in total. The molecule has 0 unspecified atom stereocenters. The SMILES string of the molecule is CCCCC(=O)Nc1ccc2[nH]cc(C[C@@H](N)C(=O)N3CCC[C@H]3C#N)c2c1. The lowest BCUT2D eigenvalue weighted by molar-refractivity contribution is -0.132. The lowest BCUT2D eigenvalue weighted by Crippen LogP contribution is -2.46. The summed E-state index contributed by atoms with van der Waals surface area (Å²) >= 11 is 0. The topological polar surface area (TPSA) is 115 Å². The summed E-state index contributed by atoms with van der Waals surface area (Å²) in [4.78, 5) is 29.4. The highest BCUT2D eigenvalue weighted by Crippen LogP contribution is 2.25. The molecule has 1 aliphatic heterocycles. The summed E-state index contributed by atoms with van der Waals surface area (Å²) in [6.07, 6.45) is 6.12. The zero-order valence-electron chi connectivity index (χ0n) is 16.2. The molecular weight excluding hydrogens is 354 g/mol. The number of carbonyl (C=O) groups excluding carboxylic acids is 2. The molecule has 0 spiro atoms. The monoisotopic (exact) mass is 381 g/mol. The molecule has 7 heteroatoms. The molecule has 1 aliphatic rings. The van der Waals surface area contributed by atoms with Gasteiger partial charge in [-0.15, -0.1) is 0 Å². The van der Waals surface area contributed by atoms with Gasteiger partial charge in [-0.1, -0.05) is 13.3 Å². The van der Waals surface area contributed by atoms with Gasteiger partial charge in [-0.2, -0.15) is 5.26 Å². The van der Waals surface area contributed by atoms with Crippen LogP contribution in [0.4, 0.5) is 5.69 Å². The fourth-order valence-electron chi connectivity index (χ4n) is 3.69. The van der Waals surface area contributed by atoms with Crippen molar-refractivity contribution in [2.45, 2.75) is 57.5 Å². The van der Waals surface area contributed by atoms with Crippen molar-refractivity contribution < 1.29 is 9.59 Å². The third kappa shape index (κ3) is 4.34. The number of carbonyl (C=O) groups is 2. The van der Waals surface area contributed by atoms with E-state index in [2.05, 4.69) is 23.3 Å². The molecule has 0 bridgehead atoms. The van der Waals surface area contributed by atoms with Gasteiger partial charge in [-0.05, 0) is 49.4 Å². The van der Waals surface area contributed by atoms with Gasteiger partial charge in [0.1, 0.15) is 6.04 Å². The minimum absolute atomic E-state index is 0.00161. The molecule has 2 atom stereocenters. The predicted molar refractivity (Wildman–Crippen MR) is 108 cm³/mol. The quantitative estimate of drug-likeness (QED) is 0.684. The van der Waals surface area contributed by atoms with Gasteiger partial charge in [0.25, 0.3) is 0 Å². The van der Waals surface area contributed by atoms with E-state index in [1.54, 1.807) is 4.90 Å². The number of nitrogens with two attached hydrogens (primary N) is 1. The van der Waals surface area contributed by atoms with Crippen LogP contribution in [-0.2, 0) is 16.0 Å². The Labute approximate surface area is 164 Å². The summed E-state index contributed by atoms with van der Waals surface area (Å²) in [5.74, 6) is -0.177. The maximum Gasteiger partial charge on any atom is 0.240 e. The number of aromatic nitrogens is 1. The Morgan fingerprint density at radius 2 is 2.29 bits per heavy atom. The number of amides is 2. The van der Waals surface area contributed by atoms with Gasteiger partial charge in [-0.25, -0.2) is 0 Å². The highest BCUT2D eigenvalue weighted by molar-refractivity contribution is 5.95. The van der Waals surface area contributed by atoms with E-state index in [1.807, 2.05) is 24.4 Å². The molecule has 1 aromatic carbocycles. The summed E-state index contributed by atoms with van der Waals surface area (Å²) in [6.45, 7) is 2.64. The van der Waals surface area contributed by atoms with E-state index in [1.165, 1.54) is 0 Å². The number of hydrogen-bond acceptors (Lipinski definition) is 4. The van der Waals surface area contributed by atoms with Crippen LogP contribution < -0.4 is 11.1 Å². The van der Waals surface area contributed by atoms with Crippen LogP contribution in [0.5, 0.6) is 0 Å². The molecule has 2 heterocycles. The van der Waals surface area contributed by atoms with Crippen LogP contribution in [0.25, 0.3) is 10.9 Å². The maximum absolute atomic E-state index is 12.7. The van der Waals surface area contributed by atoms with E-state index < -0.39 is 6.04 Å². The van der Waals surface area contributed by atoms with Crippen molar-refractivity contribution in [3.05, 3.63) is 30.0 Å². The van der Waals surface area contributed by atoms with Crippen LogP contribution in [0, 0.1) is 11.3 Å². The number of benzene rings is 1. The Balaban J connectivity index is 1.72. The van der Waals surface area contributed by atoms with E-state index in [0.717, 1.165) is 41.4 Å². The molecule has 0 aliphatic carbocycles. The van der Waals surface area contributed by atoms with Crippen molar-refractivity contribution in [3.63, 3.8) is 0 Å². The Kier molecular flexibility index (Phi) is 6.32. The molecule has 1 aromatic heterocycles. The molecule has 2 amide bonds. The minimum atomic E-state index is -0.698. The van der Waals surface area contributed by atoms with Crippen LogP contribution in [-0.4, -0.2) is 40.3 Å². The Morgan fingerprint density at radius 1 is 1.46 bits per heavy atom. The number of anilines is 1. The zero-order chi connectivity index (χ0) is 20.1. The van der Waals surface area contributed by atoms with Crippen molar-refractivity contribution in [2.75, 3.05) is 11.9 Å². The first-order chi connectivity index (χ1) is 13.5. The molecule has 148 valence electrons. The van der Waals surface area contributed by atoms with Crippen molar-refractivity contribution in [1.82, 2.24) is 9.88 Å². The summed E-state index contributed by atoms with van der Waals surface area (Å²) in [7, 11) is 0. The number of nitriles is 1. The molecule has 0 radical (unpaired) electrons. The third-order valence-corrected chi connectivity index (χ3v) is 5.25. The maximum atomic E-state index is 12.7. The van der Waals surface area contributed by atoms with Crippen molar-refractivity contribution in [3.8, 4) is 6.07 Å². The van der Waals surface area contributed by atoms with Crippen LogP contribution in [0.1, 0.15) is 44.6 Å². The van der Waals surface area contributed by atoms with E-state index >= 15 is 0 Å². The highest BCUT2D eigenvalue weighted by Gasteiger charge is 2.31.